The van der Waals surface area contributed by atoms with E-state index in [2.05, 4.69) is 6.92 Å². The van der Waals surface area contributed by atoms with E-state index in [1.165, 1.54) is 24.5 Å². The highest BCUT2D eigenvalue weighted by atomic mass is 32.2. The van der Waals surface area contributed by atoms with E-state index in [4.69, 9.17) is 4.74 Å². The minimum Gasteiger partial charge on any atom is -0.495 e. The van der Waals surface area contributed by atoms with Crippen molar-refractivity contribution in [3.05, 3.63) is 77.9 Å². The third kappa shape index (κ3) is 4.52. The lowest BCUT2D eigenvalue weighted by molar-refractivity contribution is 0.0985. The number of hydrogen-bond acceptors (Lipinski definition) is 5. The van der Waals surface area contributed by atoms with Gasteiger partial charge in [0.25, 0.3) is 15.9 Å². The second kappa shape index (κ2) is 9.72. The number of anilines is 2. The van der Waals surface area contributed by atoms with Crippen LogP contribution in [0.25, 0.3) is 0 Å². The number of nitrogens with zero attached hydrogens (tertiary/aromatic N) is 2. The van der Waals surface area contributed by atoms with Crippen molar-refractivity contribution >= 4 is 39.1 Å². The van der Waals surface area contributed by atoms with E-state index in [-0.39, 0.29) is 10.8 Å². The number of fused-ring (bicyclic) bond motifs is 1. The molecule has 34 heavy (non-hydrogen) atoms. The van der Waals surface area contributed by atoms with E-state index in [9.17, 15) is 13.2 Å². The second-order valence-electron chi connectivity index (χ2n) is 8.26. The smallest absolute Gasteiger partial charge is 0.264 e. The predicted octanol–water partition coefficient (Wildman–Crippen LogP) is 5.36. The van der Waals surface area contributed by atoms with Gasteiger partial charge in [0, 0.05) is 29.3 Å². The van der Waals surface area contributed by atoms with E-state index < -0.39 is 10.0 Å². The number of sulfonamides is 1. The minimum atomic E-state index is -3.93. The molecule has 8 heteroatoms. The highest BCUT2D eigenvalue weighted by Crippen LogP contribution is 2.38. The van der Waals surface area contributed by atoms with Gasteiger partial charge in [-0.3, -0.25) is 9.10 Å². The second-order valence-corrected chi connectivity index (χ2v) is 11.7. The van der Waals surface area contributed by atoms with Crippen molar-refractivity contribution in [2.24, 2.45) is 0 Å². The molecular formula is C26H28N2O4S2. The SMILES string of the molecule is COc1ccccc1N(C)S(=O)(=O)c1ccc(C)c(C(=O)N2CCC(C)Sc3ccccc32)c1. The average Bonchev–Trinajstić information content (AvgIpc) is 3.01. The monoisotopic (exact) mass is 496 g/mol. The Hall–Kier alpha value is -2.97. The number of para-hydroxylation sites is 3. The first-order chi connectivity index (χ1) is 16.2. The molecule has 1 atom stereocenters. The summed E-state index contributed by atoms with van der Waals surface area (Å²) in [6.07, 6.45) is 0.846. The third-order valence-corrected chi connectivity index (χ3v) is 9.02. The highest BCUT2D eigenvalue weighted by Gasteiger charge is 2.29. The normalized spacial score (nSPS) is 15.9. The van der Waals surface area contributed by atoms with Crippen LogP contribution in [0.5, 0.6) is 5.75 Å². The Morgan fingerprint density at radius 2 is 1.79 bits per heavy atom. The van der Waals surface area contributed by atoms with Gasteiger partial charge in [-0.05, 0) is 55.3 Å². The summed E-state index contributed by atoms with van der Waals surface area (Å²) in [5, 5.41) is 0.376. The molecule has 0 fully saturated rings. The zero-order chi connectivity index (χ0) is 24.5. The average molecular weight is 497 g/mol. The van der Waals surface area contributed by atoms with Crippen LogP contribution in [-0.4, -0.2) is 40.3 Å². The number of hydrogen-bond donors (Lipinski definition) is 0. The molecule has 0 radical (unpaired) electrons. The lowest BCUT2D eigenvalue weighted by atomic mass is 10.1. The van der Waals surface area contributed by atoms with Crippen LogP contribution < -0.4 is 13.9 Å². The molecule has 0 saturated carbocycles. The van der Waals surface area contributed by atoms with Crippen molar-refractivity contribution in [2.75, 3.05) is 29.9 Å². The van der Waals surface area contributed by atoms with Gasteiger partial charge < -0.3 is 9.64 Å². The maximum Gasteiger partial charge on any atom is 0.264 e. The van der Waals surface area contributed by atoms with Crippen LogP contribution in [0.4, 0.5) is 11.4 Å². The summed E-state index contributed by atoms with van der Waals surface area (Å²) < 4.78 is 33.5. The summed E-state index contributed by atoms with van der Waals surface area (Å²) in [6.45, 7) is 4.55. The number of methoxy groups -OCH3 is 1. The number of rotatable bonds is 5. The van der Waals surface area contributed by atoms with Crippen LogP contribution in [0.1, 0.15) is 29.3 Å². The molecule has 1 unspecified atom stereocenters. The Morgan fingerprint density at radius 1 is 1.09 bits per heavy atom. The van der Waals surface area contributed by atoms with Gasteiger partial charge in [-0.1, -0.05) is 37.3 Å². The Morgan fingerprint density at radius 3 is 2.56 bits per heavy atom. The van der Waals surface area contributed by atoms with Gasteiger partial charge in [-0.2, -0.15) is 0 Å². The topological polar surface area (TPSA) is 66.9 Å². The maximum absolute atomic E-state index is 13.8. The van der Waals surface area contributed by atoms with Crippen molar-refractivity contribution in [1.29, 1.82) is 0 Å². The number of benzene rings is 3. The summed E-state index contributed by atoms with van der Waals surface area (Å²) in [5.41, 5.74) is 2.39. The number of aryl methyl sites for hydroxylation is 1. The lowest BCUT2D eigenvalue weighted by Crippen LogP contribution is -2.33. The number of carbonyl (C=O) groups is 1. The quantitative estimate of drug-likeness (QED) is 0.476. The first-order valence-electron chi connectivity index (χ1n) is 11.0. The maximum atomic E-state index is 13.8. The molecule has 178 valence electrons. The fraction of sp³-hybridized carbons (Fsp3) is 0.269. The molecule has 1 aliphatic rings. The van der Waals surface area contributed by atoms with Gasteiger partial charge in [0.05, 0.1) is 23.4 Å². The molecule has 1 heterocycles. The number of carbonyl (C=O) groups excluding carboxylic acids is 1. The van der Waals surface area contributed by atoms with Crippen LogP contribution in [-0.2, 0) is 10.0 Å². The third-order valence-electron chi connectivity index (χ3n) is 6.01. The molecule has 0 aromatic heterocycles. The first kappa shape index (κ1) is 24.2. The molecule has 6 nitrogen and oxygen atoms in total. The van der Waals surface area contributed by atoms with Crippen molar-refractivity contribution < 1.29 is 17.9 Å². The lowest BCUT2D eigenvalue weighted by Gasteiger charge is -2.25. The molecule has 1 aliphatic heterocycles. The molecule has 3 aromatic carbocycles. The van der Waals surface area contributed by atoms with Crippen molar-refractivity contribution in [3.63, 3.8) is 0 Å². The number of thioether (sulfide) groups is 1. The number of ether oxygens (including phenoxy) is 1. The molecule has 3 aromatic rings. The van der Waals surface area contributed by atoms with Crippen LogP contribution in [0.15, 0.2) is 76.5 Å². The summed E-state index contributed by atoms with van der Waals surface area (Å²) in [6, 6.07) is 19.5. The fourth-order valence-corrected chi connectivity index (χ4v) is 6.36. The summed E-state index contributed by atoms with van der Waals surface area (Å²) in [4.78, 5) is 16.6. The van der Waals surface area contributed by atoms with Gasteiger partial charge in [0.15, 0.2) is 0 Å². The van der Waals surface area contributed by atoms with Crippen LogP contribution in [0.3, 0.4) is 0 Å². The largest absolute Gasteiger partial charge is 0.495 e. The van der Waals surface area contributed by atoms with E-state index in [1.54, 1.807) is 53.1 Å². The van der Waals surface area contributed by atoms with Crippen molar-refractivity contribution in [3.8, 4) is 5.75 Å². The van der Waals surface area contributed by atoms with Crippen LogP contribution in [0, 0.1) is 6.92 Å². The van der Waals surface area contributed by atoms with Gasteiger partial charge in [-0.25, -0.2) is 8.42 Å². The van der Waals surface area contributed by atoms with Gasteiger partial charge in [0.1, 0.15) is 5.75 Å². The Labute approximate surface area is 205 Å². The molecule has 4 rings (SSSR count). The Balaban J connectivity index is 1.73. The number of amides is 1. The van der Waals surface area contributed by atoms with Gasteiger partial charge >= 0.3 is 0 Å². The molecule has 0 N–H and O–H groups in total. The summed E-state index contributed by atoms with van der Waals surface area (Å²) >= 11 is 1.76. The standard InChI is InChI=1S/C26H28N2O4S2/c1-18-13-14-20(34(30,31)27(3)22-9-5-7-11-24(22)32-4)17-21(18)26(29)28-16-15-19(2)33-25-12-8-6-10-23(25)28/h5-14,17,19H,15-16H2,1-4H3. The summed E-state index contributed by atoms with van der Waals surface area (Å²) in [7, 11) is -0.942. The first-order valence-corrected chi connectivity index (χ1v) is 13.4. The Kier molecular flexibility index (Phi) is 6.91. The van der Waals surface area contributed by atoms with Crippen molar-refractivity contribution in [1.82, 2.24) is 0 Å². The van der Waals surface area contributed by atoms with Crippen molar-refractivity contribution in [2.45, 2.75) is 35.3 Å². The zero-order valence-electron chi connectivity index (χ0n) is 19.7. The van der Waals surface area contributed by atoms with Gasteiger partial charge in [0.2, 0.25) is 0 Å². The molecule has 0 spiro atoms. The van der Waals surface area contributed by atoms with E-state index in [0.29, 0.717) is 28.8 Å². The van der Waals surface area contributed by atoms with E-state index >= 15 is 0 Å². The molecule has 0 aliphatic carbocycles. The molecular weight excluding hydrogens is 468 g/mol. The minimum absolute atomic E-state index is 0.0562. The summed E-state index contributed by atoms with van der Waals surface area (Å²) in [5.74, 6) is 0.251. The molecule has 0 bridgehead atoms. The highest BCUT2D eigenvalue weighted by molar-refractivity contribution is 8.00. The Bertz CT molecular complexity index is 1320. The van der Waals surface area contributed by atoms with Crippen LogP contribution in [0.2, 0.25) is 0 Å². The zero-order valence-corrected chi connectivity index (χ0v) is 21.3. The molecule has 1 amide bonds. The predicted molar refractivity (Wildman–Crippen MR) is 138 cm³/mol. The van der Waals surface area contributed by atoms with Gasteiger partial charge in [-0.15, -0.1) is 11.8 Å². The fourth-order valence-electron chi connectivity index (χ4n) is 4.01. The van der Waals surface area contributed by atoms with E-state index in [0.717, 1.165) is 22.6 Å². The van der Waals surface area contributed by atoms with E-state index in [1.807, 2.05) is 31.2 Å². The van der Waals surface area contributed by atoms with Crippen LogP contribution >= 0.6 is 11.8 Å². The molecule has 0 saturated heterocycles.